The van der Waals surface area contributed by atoms with Gasteiger partial charge in [0.1, 0.15) is 0 Å². The lowest BCUT2D eigenvalue weighted by Crippen LogP contribution is -2.34. The summed E-state index contributed by atoms with van der Waals surface area (Å²) in [6, 6.07) is 7.39. The van der Waals surface area contributed by atoms with E-state index in [1.165, 1.54) is 0 Å². The zero-order chi connectivity index (χ0) is 10.6. The molecule has 0 aromatic heterocycles. The van der Waals surface area contributed by atoms with Crippen LogP contribution < -0.4 is 10.8 Å². The van der Waals surface area contributed by atoms with Gasteiger partial charge in [0.15, 0.2) is 0 Å². The predicted octanol–water partition coefficient (Wildman–Crippen LogP) is -0.311. The molecule has 0 fully saturated rings. The second kappa shape index (κ2) is 5.15. The lowest BCUT2D eigenvalue weighted by Gasteiger charge is -2.15. The van der Waals surface area contributed by atoms with Gasteiger partial charge in [-0.05, 0) is 24.0 Å². The van der Waals surface area contributed by atoms with Gasteiger partial charge in [-0.1, -0.05) is 31.2 Å². The summed E-state index contributed by atoms with van der Waals surface area (Å²) in [5.41, 5.74) is 1.58. The summed E-state index contributed by atoms with van der Waals surface area (Å²) < 4.78 is 0. The Balaban J connectivity index is 2.94. The highest BCUT2D eigenvalue weighted by Gasteiger charge is 2.18. The van der Waals surface area contributed by atoms with E-state index in [0.717, 1.165) is 12.1 Å². The van der Waals surface area contributed by atoms with Gasteiger partial charge in [-0.15, -0.1) is 0 Å². The minimum Gasteiger partial charge on any atom is -0.423 e. The van der Waals surface area contributed by atoms with Gasteiger partial charge in [0.2, 0.25) is 0 Å². The van der Waals surface area contributed by atoms with Crippen molar-refractivity contribution in [3.63, 3.8) is 0 Å². The highest BCUT2D eigenvalue weighted by Crippen LogP contribution is 2.11. The normalized spacial score (nSPS) is 12.6. The molecule has 0 radical (unpaired) electrons. The maximum absolute atomic E-state index is 9.16. The monoisotopic (exact) mass is 193 g/mol. The minimum absolute atomic E-state index is 0.276. The number of nitrogens with one attached hydrogen (secondary N) is 1. The fourth-order valence-corrected chi connectivity index (χ4v) is 1.61. The third kappa shape index (κ3) is 2.58. The van der Waals surface area contributed by atoms with Gasteiger partial charge in [0.25, 0.3) is 0 Å². The van der Waals surface area contributed by atoms with Crippen molar-refractivity contribution in [3.05, 3.63) is 29.8 Å². The first-order chi connectivity index (χ1) is 6.66. The van der Waals surface area contributed by atoms with Crippen LogP contribution in [0, 0.1) is 0 Å². The Morgan fingerprint density at radius 1 is 1.36 bits per heavy atom. The van der Waals surface area contributed by atoms with E-state index in [2.05, 4.69) is 12.2 Å². The molecule has 1 atom stereocenters. The fourth-order valence-electron chi connectivity index (χ4n) is 1.61. The predicted molar refractivity (Wildman–Crippen MR) is 58.6 cm³/mol. The average Bonchev–Trinajstić information content (AvgIpc) is 2.18. The molecule has 0 saturated heterocycles. The summed E-state index contributed by atoms with van der Waals surface area (Å²) in [7, 11) is 0.500. The van der Waals surface area contributed by atoms with Gasteiger partial charge in [-0.3, -0.25) is 0 Å². The topological polar surface area (TPSA) is 52.5 Å². The van der Waals surface area contributed by atoms with E-state index in [0.29, 0.717) is 5.46 Å². The van der Waals surface area contributed by atoms with Crippen LogP contribution in [0.25, 0.3) is 0 Å². The Bertz CT molecular complexity index is 291. The smallest absolute Gasteiger partial charge is 0.423 e. The van der Waals surface area contributed by atoms with Crippen LogP contribution in [0.3, 0.4) is 0 Å². The van der Waals surface area contributed by atoms with E-state index in [4.69, 9.17) is 10.0 Å². The Morgan fingerprint density at radius 3 is 2.57 bits per heavy atom. The van der Waals surface area contributed by atoms with Crippen molar-refractivity contribution in [2.24, 2.45) is 0 Å². The van der Waals surface area contributed by atoms with Crippen molar-refractivity contribution in [1.29, 1.82) is 0 Å². The Morgan fingerprint density at radius 2 is 2.00 bits per heavy atom. The Kier molecular flexibility index (Phi) is 4.13. The molecule has 0 bridgehead atoms. The molecule has 14 heavy (non-hydrogen) atoms. The van der Waals surface area contributed by atoms with Crippen LogP contribution in [0.4, 0.5) is 0 Å². The van der Waals surface area contributed by atoms with Crippen molar-refractivity contribution in [3.8, 4) is 0 Å². The zero-order valence-electron chi connectivity index (χ0n) is 8.57. The quantitative estimate of drug-likeness (QED) is 0.575. The van der Waals surface area contributed by atoms with Crippen molar-refractivity contribution in [2.75, 3.05) is 13.6 Å². The van der Waals surface area contributed by atoms with Crippen LogP contribution in [-0.4, -0.2) is 30.8 Å². The van der Waals surface area contributed by atoms with Crippen LogP contribution in [0.15, 0.2) is 24.3 Å². The molecule has 0 spiro atoms. The molecule has 76 valence electrons. The number of hydrogen-bond donors (Lipinski definition) is 3. The molecule has 0 aliphatic heterocycles. The van der Waals surface area contributed by atoms with E-state index in [-0.39, 0.29) is 5.92 Å². The van der Waals surface area contributed by atoms with Crippen molar-refractivity contribution >= 4 is 12.6 Å². The standard InChI is InChI=1S/C10H16BNO2/c1-8(7-12-2)9-5-3-4-6-10(9)11(13)14/h3-6,8,12-14H,7H2,1-2H3. The fraction of sp³-hybridized carbons (Fsp3) is 0.400. The lowest BCUT2D eigenvalue weighted by atomic mass is 9.74. The van der Waals surface area contributed by atoms with Gasteiger partial charge < -0.3 is 15.4 Å². The van der Waals surface area contributed by atoms with Gasteiger partial charge in [0, 0.05) is 6.54 Å². The lowest BCUT2D eigenvalue weighted by molar-refractivity contribution is 0.425. The first kappa shape index (κ1) is 11.2. The average molecular weight is 193 g/mol. The first-order valence-corrected chi connectivity index (χ1v) is 4.76. The molecule has 1 rings (SSSR count). The van der Waals surface area contributed by atoms with E-state index < -0.39 is 7.12 Å². The van der Waals surface area contributed by atoms with E-state index in [1.807, 2.05) is 25.2 Å². The number of rotatable bonds is 4. The van der Waals surface area contributed by atoms with Crippen LogP contribution in [0.1, 0.15) is 18.4 Å². The summed E-state index contributed by atoms with van der Waals surface area (Å²) in [4.78, 5) is 0. The van der Waals surface area contributed by atoms with Gasteiger partial charge in [-0.2, -0.15) is 0 Å². The molecular weight excluding hydrogens is 177 g/mol. The van der Waals surface area contributed by atoms with Crippen molar-refractivity contribution in [2.45, 2.75) is 12.8 Å². The molecule has 3 nitrogen and oxygen atoms in total. The summed E-state index contributed by atoms with van der Waals surface area (Å²) in [5, 5.41) is 21.4. The van der Waals surface area contributed by atoms with E-state index in [1.54, 1.807) is 6.07 Å². The molecule has 1 unspecified atom stereocenters. The second-order valence-electron chi connectivity index (χ2n) is 3.46. The largest absolute Gasteiger partial charge is 0.488 e. The second-order valence-corrected chi connectivity index (χ2v) is 3.46. The molecular formula is C10H16BNO2. The first-order valence-electron chi connectivity index (χ1n) is 4.76. The number of hydrogen-bond acceptors (Lipinski definition) is 3. The van der Waals surface area contributed by atoms with Gasteiger partial charge >= 0.3 is 7.12 Å². The maximum atomic E-state index is 9.16. The van der Waals surface area contributed by atoms with Gasteiger partial charge in [0.05, 0.1) is 0 Å². The summed E-state index contributed by atoms with van der Waals surface area (Å²) in [6.07, 6.45) is 0. The molecule has 0 amide bonds. The molecule has 1 aromatic carbocycles. The van der Waals surface area contributed by atoms with Gasteiger partial charge in [-0.25, -0.2) is 0 Å². The van der Waals surface area contributed by atoms with Crippen molar-refractivity contribution in [1.82, 2.24) is 5.32 Å². The summed E-state index contributed by atoms with van der Waals surface area (Å²) >= 11 is 0. The highest BCUT2D eigenvalue weighted by molar-refractivity contribution is 6.59. The van der Waals surface area contributed by atoms with E-state index in [9.17, 15) is 0 Å². The highest BCUT2D eigenvalue weighted by atomic mass is 16.4. The summed E-state index contributed by atoms with van der Waals surface area (Å²) in [5.74, 6) is 0.276. The maximum Gasteiger partial charge on any atom is 0.488 e. The van der Waals surface area contributed by atoms with E-state index >= 15 is 0 Å². The molecule has 0 heterocycles. The molecule has 0 aliphatic carbocycles. The third-order valence-corrected chi connectivity index (χ3v) is 2.32. The van der Waals surface area contributed by atoms with Crippen LogP contribution in [0.5, 0.6) is 0 Å². The number of likely N-dealkylation sites (N-methyl/N-ethyl adjacent to an activating group) is 1. The molecule has 4 heteroatoms. The Hall–Kier alpha value is -0.835. The molecule has 3 N–H and O–H groups in total. The van der Waals surface area contributed by atoms with Crippen LogP contribution in [0.2, 0.25) is 0 Å². The van der Waals surface area contributed by atoms with Crippen molar-refractivity contribution < 1.29 is 10.0 Å². The van der Waals surface area contributed by atoms with Crippen LogP contribution in [-0.2, 0) is 0 Å². The molecule has 0 saturated carbocycles. The summed E-state index contributed by atoms with van der Waals surface area (Å²) in [6.45, 7) is 2.88. The zero-order valence-corrected chi connectivity index (χ0v) is 8.57. The third-order valence-electron chi connectivity index (χ3n) is 2.32. The SMILES string of the molecule is CNCC(C)c1ccccc1B(O)O. The Labute approximate surface area is 84.9 Å². The minimum atomic E-state index is -1.38. The molecule has 0 aliphatic rings. The number of benzene rings is 1. The molecule has 1 aromatic rings. The van der Waals surface area contributed by atoms with Crippen LogP contribution >= 0.6 is 0 Å².